The summed E-state index contributed by atoms with van der Waals surface area (Å²) >= 11 is 0. The lowest BCUT2D eigenvalue weighted by Crippen LogP contribution is -2.38. The number of hydrogen-bond acceptors (Lipinski definition) is 2. The molecule has 0 radical (unpaired) electrons. The van der Waals surface area contributed by atoms with Gasteiger partial charge in [-0.25, -0.2) is 9.13 Å². The van der Waals surface area contributed by atoms with Gasteiger partial charge in [-0.15, -0.1) is 0 Å². The van der Waals surface area contributed by atoms with Crippen LogP contribution in [0.25, 0.3) is 0 Å². The van der Waals surface area contributed by atoms with Crippen molar-refractivity contribution in [3.8, 4) is 0 Å². The Balaban J connectivity index is 2.68. The average Bonchev–Trinajstić information content (AvgIpc) is 2.77. The number of rotatable bonds is 9. The molecule has 0 amide bonds. The van der Waals surface area contributed by atoms with Gasteiger partial charge in [-0.1, -0.05) is 19.8 Å². The number of unbranched alkanes of at least 4 members (excludes halogenated alkanes) is 3. The maximum absolute atomic E-state index is 11.2. The van der Waals surface area contributed by atoms with Crippen LogP contribution in [0, 0.1) is 0 Å². The number of nitrogens with zero attached hydrogens (tertiary/aromatic N) is 2. The van der Waals surface area contributed by atoms with Crippen molar-refractivity contribution >= 4 is 15.2 Å². The lowest BCUT2D eigenvalue weighted by atomic mass is 10.2. The van der Waals surface area contributed by atoms with Crippen molar-refractivity contribution in [2.24, 2.45) is 0 Å². The highest BCUT2D eigenvalue weighted by Crippen LogP contribution is 2.59. The zero-order valence-electron chi connectivity index (χ0n) is 11.9. The van der Waals surface area contributed by atoms with E-state index in [1.807, 2.05) is 4.57 Å². The summed E-state index contributed by atoms with van der Waals surface area (Å²) in [6.45, 7) is 2.47. The van der Waals surface area contributed by atoms with Crippen LogP contribution < -0.4 is 4.57 Å². The molecule has 1 aromatic heterocycles. The summed E-state index contributed by atoms with van der Waals surface area (Å²) in [5, 5.41) is -2.01. The first kappa shape index (κ1) is 18.6. The van der Waals surface area contributed by atoms with Crippen molar-refractivity contribution in [2.45, 2.75) is 51.1 Å². The Bertz CT molecular complexity index is 513. The minimum Gasteiger partial charge on any atom is -0.324 e. The Kier molecular flexibility index (Phi) is 6.78. The van der Waals surface area contributed by atoms with Crippen LogP contribution in [0.2, 0.25) is 0 Å². The molecule has 0 aromatic carbocycles. The second kappa shape index (κ2) is 7.68. The molecule has 0 bridgehead atoms. The largest absolute Gasteiger partial charge is 0.344 e. The summed E-state index contributed by atoms with van der Waals surface area (Å²) in [6, 6.07) is 0. The second-order valence-electron chi connectivity index (χ2n) is 5.07. The fourth-order valence-electron chi connectivity index (χ4n) is 2.00. The summed E-state index contributed by atoms with van der Waals surface area (Å²) in [5.74, 6) is 0. The molecule has 4 N–H and O–H groups in total. The monoisotopic (exact) mass is 341 g/mol. The third kappa shape index (κ3) is 6.43. The van der Waals surface area contributed by atoms with Crippen LogP contribution >= 0.6 is 15.2 Å². The van der Waals surface area contributed by atoms with Gasteiger partial charge in [-0.3, -0.25) is 9.13 Å². The normalized spacial score (nSPS) is 13.0. The van der Waals surface area contributed by atoms with Crippen molar-refractivity contribution in [3.05, 3.63) is 18.7 Å². The quantitative estimate of drug-likeness (QED) is 0.302. The number of hydrogen-bond donors (Lipinski definition) is 4. The van der Waals surface area contributed by atoms with Crippen LogP contribution in [0.3, 0.4) is 0 Å². The molecule has 1 heterocycles. The highest BCUT2D eigenvalue weighted by atomic mass is 31.2. The van der Waals surface area contributed by atoms with Gasteiger partial charge in [0.25, 0.3) is 0 Å². The van der Waals surface area contributed by atoms with Gasteiger partial charge in [-0.05, 0) is 12.8 Å². The molecule has 0 saturated carbocycles. The molecule has 0 atom stereocenters. The van der Waals surface area contributed by atoms with Crippen LogP contribution in [0.1, 0.15) is 32.6 Å². The molecule has 0 aliphatic heterocycles. The Morgan fingerprint density at radius 2 is 1.71 bits per heavy atom. The summed E-state index contributed by atoms with van der Waals surface area (Å²) < 4.78 is 25.7. The molecule has 0 fully saturated rings. The molecular formula is C11H23N2O6P2+. The summed E-state index contributed by atoms with van der Waals surface area (Å²) in [4.78, 5) is 36.3. The molecular weight excluding hydrogens is 318 g/mol. The van der Waals surface area contributed by atoms with E-state index in [4.69, 9.17) is 19.6 Å². The van der Waals surface area contributed by atoms with Crippen LogP contribution in [-0.4, -0.2) is 29.5 Å². The Morgan fingerprint density at radius 3 is 2.24 bits per heavy atom. The van der Waals surface area contributed by atoms with Gasteiger partial charge in [0.1, 0.15) is 18.9 Å². The maximum Gasteiger partial charge on any atom is 0.344 e. The Labute approximate surface area is 123 Å². The third-order valence-corrected chi connectivity index (χ3v) is 6.85. The SMILES string of the molecule is CCCCCCn1cc[n+](CC(P(=O)(O)O)P(=O)(O)O)c1. The predicted octanol–water partition coefficient (Wildman–Crippen LogP) is 1.04. The number of aromatic nitrogens is 2. The minimum atomic E-state index is -4.88. The van der Waals surface area contributed by atoms with E-state index in [0.717, 1.165) is 32.2 Å². The van der Waals surface area contributed by atoms with Gasteiger partial charge in [0.2, 0.25) is 6.33 Å². The van der Waals surface area contributed by atoms with Gasteiger partial charge < -0.3 is 19.6 Å². The molecule has 0 saturated heterocycles. The van der Waals surface area contributed by atoms with E-state index in [9.17, 15) is 9.13 Å². The van der Waals surface area contributed by atoms with Crippen LogP contribution in [-0.2, 0) is 22.2 Å². The molecule has 0 aliphatic rings. The van der Waals surface area contributed by atoms with Gasteiger partial charge >= 0.3 is 15.2 Å². The average molecular weight is 341 g/mol. The molecule has 10 heteroatoms. The summed E-state index contributed by atoms with van der Waals surface area (Å²) in [6.07, 6.45) is 9.26. The molecule has 0 aliphatic carbocycles. The van der Waals surface area contributed by atoms with Gasteiger partial charge in [0.15, 0.2) is 5.40 Å². The van der Waals surface area contributed by atoms with E-state index >= 15 is 0 Å². The standard InChI is InChI=1S/C11H22N2O6P2/c1-2-3-4-5-6-12-7-8-13(10-12)9-11(20(14,15)16)21(17,18)19/h7-8,10-11H,2-6,9H2,1H3,(H3-,14,15,16,17,18,19)/p+1. The van der Waals surface area contributed by atoms with Crippen molar-refractivity contribution in [1.82, 2.24) is 4.57 Å². The van der Waals surface area contributed by atoms with E-state index in [2.05, 4.69) is 6.92 Å². The smallest absolute Gasteiger partial charge is 0.324 e. The first-order valence-electron chi connectivity index (χ1n) is 6.80. The van der Waals surface area contributed by atoms with E-state index in [-0.39, 0.29) is 0 Å². The highest BCUT2D eigenvalue weighted by Gasteiger charge is 2.45. The fraction of sp³-hybridized carbons (Fsp3) is 0.727. The molecule has 1 rings (SSSR count). The van der Waals surface area contributed by atoms with E-state index in [0.29, 0.717) is 0 Å². The van der Waals surface area contributed by atoms with E-state index in [1.54, 1.807) is 18.7 Å². The van der Waals surface area contributed by atoms with Crippen molar-refractivity contribution < 1.29 is 33.3 Å². The second-order valence-corrected chi connectivity index (χ2v) is 9.08. The number of imidazole rings is 1. The first-order valence-corrected chi connectivity index (χ1v) is 10.2. The van der Waals surface area contributed by atoms with Crippen molar-refractivity contribution in [3.63, 3.8) is 0 Å². The van der Waals surface area contributed by atoms with Gasteiger partial charge in [0.05, 0.1) is 6.54 Å². The van der Waals surface area contributed by atoms with Gasteiger partial charge in [-0.2, -0.15) is 0 Å². The van der Waals surface area contributed by atoms with Crippen LogP contribution in [0.4, 0.5) is 0 Å². The zero-order valence-corrected chi connectivity index (χ0v) is 13.7. The molecule has 8 nitrogen and oxygen atoms in total. The lowest BCUT2D eigenvalue weighted by molar-refractivity contribution is -0.694. The van der Waals surface area contributed by atoms with Crippen molar-refractivity contribution in [1.29, 1.82) is 0 Å². The zero-order chi connectivity index (χ0) is 16.1. The molecule has 122 valence electrons. The lowest BCUT2D eigenvalue weighted by Gasteiger charge is -2.17. The summed E-state index contributed by atoms with van der Waals surface area (Å²) in [5.41, 5.74) is 0. The van der Waals surface area contributed by atoms with E-state index < -0.39 is 27.1 Å². The molecule has 0 spiro atoms. The molecule has 21 heavy (non-hydrogen) atoms. The number of aryl methyl sites for hydroxylation is 1. The minimum absolute atomic E-state index is 0.420. The maximum atomic E-state index is 11.2. The van der Waals surface area contributed by atoms with Crippen LogP contribution in [0.15, 0.2) is 18.7 Å². The van der Waals surface area contributed by atoms with Crippen molar-refractivity contribution in [2.75, 3.05) is 0 Å². The van der Waals surface area contributed by atoms with Gasteiger partial charge in [0, 0.05) is 0 Å². The van der Waals surface area contributed by atoms with E-state index in [1.165, 1.54) is 4.57 Å². The Hall–Kier alpha value is -0.490. The predicted molar refractivity (Wildman–Crippen MR) is 76.6 cm³/mol. The first-order chi connectivity index (χ1) is 9.64. The topological polar surface area (TPSA) is 124 Å². The Morgan fingerprint density at radius 1 is 1.10 bits per heavy atom. The highest BCUT2D eigenvalue weighted by molar-refractivity contribution is 7.70. The summed E-state index contributed by atoms with van der Waals surface area (Å²) in [7, 11) is -9.75. The molecule has 1 aromatic rings. The van der Waals surface area contributed by atoms with Crippen LogP contribution in [0.5, 0.6) is 0 Å². The molecule has 0 unspecified atom stereocenters. The third-order valence-electron chi connectivity index (χ3n) is 3.17. The fourth-order valence-corrected chi connectivity index (χ4v) is 4.37.